The standard InChI is InChI=1S/C24H21ClN4O3/c1-15-12-18(9-10-20(15)25)32-23-19(24(31)29-11-5-4-8-21(29)28-23)13-16(14-26)22(30)27-17-6-2-3-7-17/h4-5,8-13,17H,2-3,6-7H2,1H3,(H,27,30). The molecule has 4 rings (SSSR count). The lowest BCUT2D eigenvalue weighted by molar-refractivity contribution is -0.117. The van der Waals surface area contributed by atoms with Gasteiger partial charge in [0.1, 0.15) is 28.6 Å². The van der Waals surface area contributed by atoms with E-state index in [1.165, 1.54) is 10.5 Å². The summed E-state index contributed by atoms with van der Waals surface area (Å²) in [7, 11) is 0. The van der Waals surface area contributed by atoms with E-state index in [1.807, 2.05) is 13.0 Å². The Morgan fingerprint density at radius 1 is 1.31 bits per heavy atom. The van der Waals surface area contributed by atoms with Crippen LogP contribution in [0.2, 0.25) is 5.02 Å². The summed E-state index contributed by atoms with van der Waals surface area (Å²) in [6.45, 7) is 1.83. The molecule has 0 spiro atoms. The smallest absolute Gasteiger partial charge is 0.269 e. The molecule has 1 aromatic carbocycles. The number of pyridine rings is 1. The third-order valence-corrected chi connectivity index (χ3v) is 5.85. The Hall–Kier alpha value is -3.63. The molecule has 7 nitrogen and oxygen atoms in total. The van der Waals surface area contributed by atoms with E-state index in [9.17, 15) is 14.9 Å². The number of nitrogens with one attached hydrogen (secondary N) is 1. The van der Waals surface area contributed by atoms with Gasteiger partial charge in [0.05, 0.1) is 0 Å². The third kappa shape index (κ3) is 4.51. The Kier molecular flexibility index (Phi) is 6.24. The van der Waals surface area contributed by atoms with E-state index in [1.54, 1.807) is 42.6 Å². The van der Waals surface area contributed by atoms with Crippen LogP contribution >= 0.6 is 11.6 Å². The molecule has 0 atom stereocenters. The highest BCUT2D eigenvalue weighted by Crippen LogP contribution is 2.27. The van der Waals surface area contributed by atoms with Crippen LogP contribution in [0.4, 0.5) is 0 Å². The molecule has 2 heterocycles. The number of carbonyl (C=O) groups is 1. The third-order valence-electron chi connectivity index (χ3n) is 5.42. The highest BCUT2D eigenvalue weighted by molar-refractivity contribution is 6.31. The number of nitriles is 1. The van der Waals surface area contributed by atoms with Gasteiger partial charge in [-0.25, -0.2) is 0 Å². The second-order valence-electron chi connectivity index (χ2n) is 7.70. The molecule has 1 aliphatic carbocycles. The number of fused-ring (bicyclic) bond motifs is 1. The first-order valence-electron chi connectivity index (χ1n) is 10.3. The van der Waals surface area contributed by atoms with Gasteiger partial charge in [-0.2, -0.15) is 10.2 Å². The van der Waals surface area contributed by atoms with Crippen LogP contribution in [-0.4, -0.2) is 21.3 Å². The van der Waals surface area contributed by atoms with Crippen LogP contribution in [0.15, 0.2) is 53.0 Å². The quantitative estimate of drug-likeness (QED) is 0.460. The summed E-state index contributed by atoms with van der Waals surface area (Å²) in [5.74, 6) is -0.0720. The maximum Gasteiger partial charge on any atom is 0.269 e. The van der Waals surface area contributed by atoms with Crippen molar-refractivity contribution >= 4 is 29.2 Å². The Morgan fingerprint density at radius 2 is 2.09 bits per heavy atom. The minimum Gasteiger partial charge on any atom is -0.438 e. The zero-order valence-electron chi connectivity index (χ0n) is 17.5. The van der Waals surface area contributed by atoms with Gasteiger partial charge in [0.2, 0.25) is 5.88 Å². The van der Waals surface area contributed by atoms with Crippen molar-refractivity contribution in [2.75, 3.05) is 0 Å². The highest BCUT2D eigenvalue weighted by Gasteiger charge is 2.21. The molecule has 2 aromatic heterocycles. The molecule has 162 valence electrons. The molecule has 1 amide bonds. The SMILES string of the molecule is Cc1cc(Oc2nc3ccccn3c(=O)c2C=C(C#N)C(=O)NC2CCCC2)ccc1Cl. The van der Waals surface area contributed by atoms with Gasteiger partial charge in [0.15, 0.2) is 0 Å². The zero-order chi connectivity index (χ0) is 22.7. The summed E-state index contributed by atoms with van der Waals surface area (Å²) < 4.78 is 7.27. The van der Waals surface area contributed by atoms with E-state index in [2.05, 4.69) is 10.3 Å². The predicted octanol–water partition coefficient (Wildman–Crippen LogP) is 4.41. The average molecular weight is 449 g/mol. The normalized spacial score (nSPS) is 14.3. The van der Waals surface area contributed by atoms with Gasteiger partial charge in [-0.15, -0.1) is 0 Å². The Labute approximate surface area is 189 Å². The number of amides is 1. The number of aryl methyl sites for hydroxylation is 1. The Bertz CT molecular complexity index is 1320. The van der Waals surface area contributed by atoms with Crippen molar-refractivity contribution < 1.29 is 9.53 Å². The van der Waals surface area contributed by atoms with Crippen LogP contribution in [0.5, 0.6) is 11.6 Å². The number of halogens is 1. The van der Waals surface area contributed by atoms with Gasteiger partial charge in [-0.3, -0.25) is 14.0 Å². The van der Waals surface area contributed by atoms with Gasteiger partial charge in [0.25, 0.3) is 11.5 Å². The molecule has 0 unspecified atom stereocenters. The molecule has 1 N–H and O–H groups in total. The van der Waals surface area contributed by atoms with Crippen LogP contribution in [-0.2, 0) is 4.79 Å². The number of hydrogen-bond acceptors (Lipinski definition) is 5. The molecule has 32 heavy (non-hydrogen) atoms. The molecule has 1 aliphatic rings. The number of nitrogens with zero attached hydrogens (tertiary/aromatic N) is 3. The first-order valence-corrected chi connectivity index (χ1v) is 10.7. The Balaban J connectivity index is 1.79. The largest absolute Gasteiger partial charge is 0.438 e. The molecule has 0 bridgehead atoms. The highest BCUT2D eigenvalue weighted by atomic mass is 35.5. The van der Waals surface area contributed by atoms with Crippen LogP contribution in [0.1, 0.15) is 36.8 Å². The summed E-state index contributed by atoms with van der Waals surface area (Å²) in [5, 5.41) is 13.1. The summed E-state index contributed by atoms with van der Waals surface area (Å²) >= 11 is 6.10. The summed E-state index contributed by atoms with van der Waals surface area (Å²) in [5.41, 5.74) is 0.567. The van der Waals surface area contributed by atoms with Crippen molar-refractivity contribution in [3.8, 4) is 17.7 Å². The molecular weight excluding hydrogens is 428 g/mol. The molecule has 1 fully saturated rings. The maximum atomic E-state index is 13.2. The molecular formula is C24H21ClN4O3. The van der Waals surface area contributed by atoms with Crippen molar-refractivity contribution in [1.29, 1.82) is 5.26 Å². The first-order chi connectivity index (χ1) is 15.5. The summed E-state index contributed by atoms with van der Waals surface area (Å²) in [6.07, 6.45) is 6.68. The molecule has 1 saturated carbocycles. The average Bonchev–Trinajstić information content (AvgIpc) is 3.29. The number of ether oxygens (including phenoxy) is 1. The number of carbonyl (C=O) groups excluding carboxylic acids is 1. The molecule has 0 aliphatic heterocycles. The lowest BCUT2D eigenvalue weighted by atomic mass is 10.1. The minimum atomic E-state index is -0.509. The summed E-state index contributed by atoms with van der Waals surface area (Å²) in [4.78, 5) is 30.3. The monoisotopic (exact) mass is 448 g/mol. The van der Waals surface area contributed by atoms with Gasteiger partial charge < -0.3 is 10.1 Å². The van der Waals surface area contributed by atoms with Gasteiger partial charge in [0, 0.05) is 17.3 Å². The maximum absolute atomic E-state index is 13.2. The number of aromatic nitrogens is 2. The number of benzene rings is 1. The molecule has 3 aromatic rings. The van der Waals surface area contributed by atoms with Gasteiger partial charge in [-0.05, 0) is 61.7 Å². The second kappa shape index (κ2) is 9.25. The van der Waals surface area contributed by atoms with E-state index in [0.29, 0.717) is 16.4 Å². The van der Waals surface area contributed by atoms with Crippen molar-refractivity contribution in [2.24, 2.45) is 0 Å². The van der Waals surface area contributed by atoms with Crippen LogP contribution in [0, 0.1) is 18.3 Å². The number of hydrogen-bond donors (Lipinski definition) is 1. The summed E-state index contributed by atoms with van der Waals surface area (Å²) in [6, 6.07) is 12.1. The molecule has 0 radical (unpaired) electrons. The fraction of sp³-hybridized carbons (Fsp3) is 0.250. The van der Waals surface area contributed by atoms with Gasteiger partial charge in [-0.1, -0.05) is 30.5 Å². The number of rotatable bonds is 5. The lowest BCUT2D eigenvalue weighted by Gasteiger charge is -2.12. The second-order valence-corrected chi connectivity index (χ2v) is 8.11. The fourth-order valence-electron chi connectivity index (χ4n) is 3.70. The van der Waals surface area contributed by atoms with Gasteiger partial charge >= 0.3 is 0 Å². The van der Waals surface area contributed by atoms with Crippen molar-refractivity contribution in [3.05, 3.63) is 74.7 Å². The zero-order valence-corrected chi connectivity index (χ0v) is 18.2. The minimum absolute atomic E-state index is 0.00402. The van der Waals surface area contributed by atoms with Crippen LogP contribution < -0.4 is 15.6 Å². The predicted molar refractivity (Wildman–Crippen MR) is 122 cm³/mol. The van der Waals surface area contributed by atoms with E-state index < -0.39 is 11.5 Å². The van der Waals surface area contributed by atoms with Crippen molar-refractivity contribution in [1.82, 2.24) is 14.7 Å². The van der Waals surface area contributed by atoms with E-state index in [4.69, 9.17) is 16.3 Å². The fourth-order valence-corrected chi connectivity index (χ4v) is 3.82. The van der Waals surface area contributed by atoms with E-state index in [0.717, 1.165) is 31.2 Å². The van der Waals surface area contributed by atoms with Crippen LogP contribution in [0.25, 0.3) is 11.7 Å². The molecule has 0 saturated heterocycles. The topological polar surface area (TPSA) is 96.5 Å². The Morgan fingerprint density at radius 3 is 2.81 bits per heavy atom. The van der Waals surface area contributed by atoms with E-state index >= 15 is 0 Å². The van der Waals surface area contributed by atoms with Crippen molar-refractivity contribution in [3.63, 3.8) is 0 Å². The van der Waals surface area contributed by atoms with Crippen LogP contribution in [0.3, 0.4) is 0 Å². The lowest BCUT2D eigenvalue weighted by Crippen LogP contribution is -2.33. The van der Waals surface area contributed by atoms with Crippen molar-refractivity contribution in [2.45, 2.75) is 38.6 Å². The molecule has 8 heteroatoms. The first kappa shape index (κ1) is 21.6. The van der Waals surface area contributed by atoms with E-state index in [-0.39, 0.29) is 23.1 Å².